The fourth-order valence-electron chi connectivity index (χ4n) is 1.24. The molecule has 0 amide bonds. The molecule has 0 aliphatic rings. The highest BCUT2D eigenvalue weighted by atomic mass is 16.6. The summed E-state index contributed by atoms with van der Waals surface area (Å²) in [5.74, 6) is -0.304. The van der Waals surface area contributed by atoms with E-state index in [0.29, 0.717) is 12.1 Å². The average Bonchev–Trinajstić information content (AvgIpc) is 2.72. The molecule has 6 nitrogen and oxygen atoms in total. The number of nitrogens with zero attached hydrogens (tertiary/aromatic N) is 2. The van der Waals surface area contributed by atoms with Crippen LogP contribution in [-0.4, -0.2) is 34.3 Å². The van der Waals surface area contributed by atoms with Gasteiger partial charge in [0.2, 0.25) is 0 Å². The molecule has 0 bridgehead atoms. The van der Waals surface area contributed by atoms with Gasteiger partial charge in [-0.2, -0.15) is 0 Å². The van der Waals surface area contributed by atoms with Gasteiger partial charge in [-0.15, -0.1) is 0 Å². The van der Waals surface area contributed by atoms with E-state index in [-0.39, 0.29) is 12.4 Å². The summed E-state index contributed by atoms with van der Waals surface area (Å²) in [6.07, 6.45) is 3.11. The van der Waals surface area contributed by atoms with Gasteiger partial charge in [0, 0.05) is 12.6 Å². The molecule has 0 radical (unpaired) electrons. The molecule has 100 valence electrons. The highest BCUT2D eigenvalue weighted by Gasteiger charge is 2.18. The van der Waals surface area contributed by atoms with Crippen LogP contribution in [0, 0.1) is 0 Å². The van der Waals surface area contributed by atoms with Gasteiger partial charge in [0.05, 0.1) is 19.2 Å². The molecule has 1 heterocycles. The van der Waals surface area contributed by atoms with Crippen molar-refractivity contribution in [3.8, 4) is 0 Å². The van der Waals surface area contributed by atoms with Gasteiger partial charge in [0.15, 0.2) is 0 Å². The number of imidazole rings is 1. The first-order valence-corrected chi connectivity index (χ1v) is 5.65. The summed E-state index contributed by atoms with van der Waals surface area (Å²) in [5.41, 5.74) is 0.0966. The molecule has 0 aliphatic heterocycles. The van der Waals surface area contributed by atoms with Gasteiger partial charge in [0.25, 0.3) is 0 Å². The Labute approximate surface area is 106 Å². The van der Waals surface area contributed by atoms with E-state index >= 15 is 0 Å². The van der Waals surface area contributed by atoms with Crippen LogP contribution >= 0.6 is 0 Å². The molecular weight excluding hydrogens is 236 g/mol. The van der Waals surface area contributed by atoms with Gasteiger partial charge in [-0.3, -0.25) is 4.79 Å². The van der Waals surface area contributed by atoms with E-state index in [4.69, 9.17) is 4.74 Å². The maximum atomic E-state index is 11.7. The Kier molecular flexibility index (Phi) is 4.47. The number of carbonyl (C=O) groups is 2. The van der Waals surface area contributed by atoms with Crippen molar-refractivity contribution in [3.05, 3.63) is 18.2 Å². The predicted molar refractivity (Wildman–Crippen MR) is 64.2 cm³/mol. The Bertz CT molecular complexity index is 432. The fourth-order valence-corrected chi connectivity index (χ4v) is 1.24. The standard InChI is InChI=1S/C12H18N2O4/c1-12(2,3)18-11(16)14-7-9(13-8-14)5-6-10(15)17-4/h7-8H,5-6H2,1-4H3. The number of aromatic nitrogens is 2. The van der Waals surface area contributed by atoms with E-state index in [1.54, 1.807) is 27.0 Å². The zero-order chi connectivity index (χ0) is 13.8. The summed E-state index contributed by atoms with van der Waals surface area (Å²) in [6, 6.07) is 0. The number of aryl methyl sites for hydroxylation is 1. The van der Waals surface area contributed by atoms with Crippen molar-refractivity contribution >= 4 is 12.1 Å². The van der Waals surface area contributed by atoms with Gasteiger partial charge in [-0.1, -0.05) is 0 Å². The average molecular weight is 254 g/mol. The van der Waals surface area contributed by atoms with Gasteiger partial charge in [-0.05, 0) is 20.8 Å². The van der Waals surface area contributed by atoms with Crippen LogP contribution in [0.5, 0.6) is 0 Å². The zero-order valence-electron chi connectivity index (χ0n) is 11.1. The largest absolute Gasteiger partial charge is 0.469 e. The normalized spacial score (nSPS) is 11.1. The van der Waals surface area contributed by atoms with Crippen molar-refractivity contribution in [3.63, 3.8) is 0 Å². The third kappa shape index (κ3) is 4.57. The summed E-state index contributed by atoms with van der Waals surface area (Å²) in [6.45, 7) is 5.37. The van der Waals surface area contributed by atoms with Gasteiger partial charge < -0.3 is 9.47 Å². The van der Waals surface area contributed by atoms with Gasteiger partial charge in [0.1, 0.15) is 11.9 Å². The lowest BCUT2D eigenvalue weighted by Gasteiger charge is -2.19. The van der Waals surface area contributed by atoms with Crippen LogP contribution in [0.4, 0.5) is 4.79 Å². The quantitative estimate of drug-likeness (QED) is 0.769. The molecule has 0 saturated carbocycles. The van der Waals surface area contributed by atoms with E-state index in [9.17, 15) is 9.59 Å². The number of carbonyl (C=O) groups excluding carboxylic acids is 2. The van der Waals surface area contributed by atoms with E-state index in [2.05, 4.69) is 9.72 Å². The molecule has 18 heavy (non-hydrogen) atoms. The summed E-state index contributed by atoms with van der Waals surface area (Å²) in [7, 11) is 1.33. The SMILES string of the molecule is COC(=O)CCc1cn(C(=O)OC(C)(C)C)cn1. The van der Waals surface area contributed by atoms with Crippen LogP contribution in [0.25, 0.3) is 0 Å². The lowest BCUT2D eigenvalue weighted by molar-refractivity contribution is -0.140. The topological polar surface area (TPSA) is 70.4 Å². The summed E-state index contributed by atoms with van der Waals surface area (Å²) < 4.78 is 11.0. The van der Waals surface area contributed by atoms with Crippen molar-refractivity contribution in [2.24, 2.45) is 0 Å². The number of methoxy groups -OCH3 is 1. The molecule has 0 saturated heterocycles. The van der Waals surface area contributed by atoms with Crippen LogP contribution in [-0.2, 0) is 20.7 Å². The molecule has 1 aromatic rings. The Morgan fingerprint density at radius 1 is 1.39 bits per heavy atom. The van der Waals surface area contributed by atoms with Crippen molar-refractivity contribution in [2.75, 3.05) is 7.11 Å². The number of hydrogen-bond donors (Lipinski definition) is 0. The van der Waals surface area contributed by atoms with Crippen molar-refractivity contribution in [1.82, 2.24) is 9.55 Å². The minimum absolute atomic E-state index is 0.238. The number of hydrogen-bond acceptors (Lipinski definition) is 5. The zero-order valence-corrected chi connectivity index (χ0v) is 11.1. The minimum atomic E-state index is -0.548. The van der Waals surface area contributed by atoms with Crippen LogP contribution < -0.4 is 0 Å². The Morgan fingerprint density at radius 2 is 2.06 bits per heavy atom. The van der Waals surface area contributed by atoms with Gasteiger partial charge >= 0.3 is 12.1 Å². The highest BCUT2D eigenvalue weighted by Crippen LogP contribution is 2.09. The number of ether oxygens (including phenoxy) is 2. The summed E-state index contributed by atoms with van der Waals surface area (Å²) in [5, 5.41) is 0. The predicted octanol–water partition coefficient (Wildman–Crippen LogP) is 1.77. The first kappa shape index (κ1) is 14.2. The molecule has 0 fully saturated rings. The molecule has 0 atom stereocenters. The molecular formula is C12H18N2O4. The number of esters is 1. The summed E-state index contributed by atoms with van der Waals surface area (Å²) >= 11 is 0. The second-order valence-corrected chi connectivity index (χ2v) is 4.83. The van der Waals surface area contributed by atoms with E-state index < -0.39 is 11.7 Å². The molecule has 0 N–H and O–H groups in total. The smallest absolute Gasteiger partial charge is 0.419 e. The Balaban J connectivity index is 2.58. The van der Waals surface area contributed by atoms with Crippen molar-refractivity contribution in [2.45, 2.75) is 39.2 Å². The fraction of sp³-hybridized carbons (Fsp3) is 0.583. The first-order valence-electron chi connectivity index (χ1n) is 5.65. The molecule has 0 aromatic carbocycles. The lowest BCUT2D eigenvalue weighted by atomic mass is 10.2. The lowest BCUT2D eigenvalue weighted by Crippen LogP contribution is -2.26. The molecule has 6 heteroatoms. The second kappa shape index (κ2) is 5.66. The van der Waals surface area contributed by atoms with Crippen LogP contribution in [0.15, 0.2) is 12.5 Å². The van der Waals surface area contributed by atoms with Crippen LogP contribution in [0.3, 0.4) is 0 Å². The second-order valence-electron chi connectivity index (χ2n) is 4.83. The molecule has 0 aliphatic carbocycles. The van der Waals surface area contributed by atoms with E-state index in [1.165, 1.54) is 18.0 Å². The highest BCUT2D eigenvalue weighted by molar-refractivity contribution is 5.71. The Hall–Kier alpha value is -1.85. The van der Waals surface area contributed by atoms with Gasteiger partial charge in [-0.25, -0.2) is 14.3 Å². The molecule has 0 unspecified atom stereocenters. The van der Waals surface area contributed by atoms with Crippen LogP contribution in [0.2, 0.25) is 0 Å². The monoisotopic (exact) mass is 254 g/mol. The maximum absolute atomic E-state index is 11.7. The van der Waals surface area contributed by atoms with Crippen molar-refractivity contribution in [1.29, 1.82) is 0 Å². The van der Waals surface area contributed by atoms with Crippen LogP contribution in [0.1, 0.15) is 32.9 Å². The van der Waals surface area contributed by atoms with Crippen molar-refractivity contribution < 1.29 is 19.1 Å². The maximum Gasteiger partial charge on any atom is 0.419 e. The first-order chi connectivity index (χ1) is 8.31. The minimum Gasteiger partial charge on any atom is -0.469 e. The molecule has 1 rings (SSSR count). The number of rotatable bonds is 3. The Morgan fingerprint density at radius 3 is 2.61 bits per heavy atom. The van der Waals surface area contributed by atoms with E-state index in [0.717, 1.165) is 0 Å². The molecule has 1 aromatic heterocycles. The molecule has 0 spiro atoms. The summed E-state index contributed by atoms with van der Waals surface area (Å²) in [4.78, 5) is 26.7. The third-order valence-corrected chi connectivity index (χ3v) is 2.05. The third-order valence-electron chi connectivity index (χ3n) is 2.05. The van der Waals surface area contributed by atoms with E-state index in [1.807, 2.05) is 0 Å².